The molecule has 1 aromatic heterocycles. The zero-order valence-electron chi connectivity index (χ0n) is 10.8. The number of rotatable bonds is 3. The Morgan fingerprint density at radius 2 is 2.15 bits per heavy atom. The molecular weight excluding hydrogens is 282 g/mol. The first kappa shape index (κ1) is 14.1. The van der Waals surface area contributed by atoms with E-state index in [4.69, 9.17) is 16.3 Å². The van der Waals surface area contributed by atoms with Crippen LogP contribution in [0.3, 0.4) is 0 Å². The van der Waals surface area contributed by atoms with Crippen LogP contribution in [-0.2, 0) is 0 Å². The van der Waals surface area contributed by atoms with Gasteiger partial charge in [-0.15, -0.1) is 0 Å². The molecule has 20 heavy (non-hydrogen) atoms. The maximum absolute atomic E-state index is 12.1. The molecule has 0 saturated carbocycles. The summed E-state index contributed by atoms with van der Waals surface area (Å²) in [7, 11) is 1.43. The molecule has 0 atom stereocenters. The Labute approximate surface area is 120 Å². The van der Waals surface area contributed by atoms with Crippen LogP contribution in [0.25, 0.3) is 0 Å². The Morgan fingerprint density at radius 3 is 2.85 bits per heavy atom. The molecule has 2 aromatic rings. The molecule has 1 amide bonds. The smallest absolute Gasteiger partial charge is 0.261 e. The Bertz CT molecular complexity index is 661. The summed E-state index contributed by atoms with van der Waals surface area (Å²) in [6.07, 6.45) is 0. The maximum Gasteiger partial charge on any atom is 0.261 e. The lowest BCUT2D eigenvalue weighted by Crippen LogP contribution is -2.15. The Balaban J connectivity index is 2.28. The van der Waals surface area contributed by atoms with Crippen LogP contribution in [0.4, 0.5) is 5.95 Å². The molecule has 0 fully saturated rings. The van der Waals surface area contributed by atoms with Crippen molar-refractivity contribution < 1.29 is 14.6 Å². The highest BCUT2D eigenvalue weighted by atomic mass is 35.5. The number of nitrogens with zero attached hydrogens (tertiary/aromatic N) is 2. The van der Waals surface area contributed by atoms with E-state index in [0.29, 0.717) is 5.56 Å². The maximum atomic E-state index is 12.1. The summed E-state index contributed by atoms with van der Waals surface area (Å²) >= 11 is 5.78. The molecule has 2 N–H and O–H groups in total. The number of halogens is 1. The molecule has 0 aliphatic heterocycles. The molecule has 104 valence electrons. The van der Waals surface area contributed by atoms with E-state index in [-0.39, 0.29) is 28.3 Å². The predicted molar refractivity (Wildman–Crippen MR) is 74.4 cm³/mol. The van der Waals surface area contributed by atoms with Crippen LogP contribution < -0.4 is 10.1 Å². The third-order valence-corrected chi connectivity index (χ3v) is 2.78. The van der Waals surface area contributed by atoms with Crippen LogP contribution in [0.1, 0.15) is 15.9 Å². The van der Waals surface area contributed by atoms with Crippen molar-refractivity contribution in [1.82, 2.24) is 9.97 Å². The monoisotopic (exact) mass is 293 g/mol. The quantitative estimate of drug-likeness (QED) is 0.849. The molecule has 6 nitrogen and oxygen atoms in total. The number of aromatic nitrogens is 2. The van der Waals surface area contributed by atoms with Crippen molar-refractivity contribution in [2.75, 3.05) is 12.4 Å². The molecule has 0 bridgehead atoms. The van der Waals surface area contributed by atoms with Gasteiger partial charge in [0.25, 0.3) is 5.91 Å². The van der Waals surface area contributed by atoms with Crippen molar-refractivity contribution >= 4 is 23.5 Å². The fourth-order valence-corrected chi connectivity index (χ4v) is 1.74. The van der Waals surface area contributed by atoms with E-state index in [9.17, 15) is 9.90 Å². The van der Waals surface area contributed by atoms with Crippen LogP contribution in [-0.4, -0.2) is 28.1 Å². The first-order chi connectivity index (χ1) is 9.51. The van der Waals surface area contributed by atoms with Gasteiger partial charge in [0.05, 0.1) is 12.7 Å². The van der Waals surface area contributed by atoms with Crippen molar-refractivity contribution in [1.29, 1.82) is 0 Å². The van der Waals surface area contributed by atoms with Crippen LogP contribution in [0.15, 0.2) is 24.3 Å². The van der Waals surface area contributed by atoms with Gasteiger partial charge in [-0.25, -0.2) is 4.98 Å². The Morgan fingerprint density at radius 1 is 1.40 bits per heavy atom. The van der Waals surface area contributed by atoms with Gasteiger partial charge in [-0.3, -0.25) is 10.1 Å². The van der Waals surface area contributed by atoms with Gasteiger partial charge in [-0.2, -0.15) is 4.98 Å². The number of aryl methyl sites for hydroxylation is 1. The molecule has 0 aliphatic rings. The fraction of sp³-hybridized carbons (Fsp3) is 0.154. The average Bonchev–Trinajstić information content (AvgIpc) is 2.41. The number of carbonyl (C=O) groups excluding carboxylic acids is 1. The van der Waals surface area contributed by atoms with E-state index < -0.39 is 5.91 Å². The zero-order chi connectivity index (χ0) is 14.7. The third-order valence-electron chi connectivity index (χ3n) is 2.59. The van der Waals surface area contributed by atoms with E-state index in [1.807, 2.05) is 0 Å². The fourth-order valence-electron chi connectivity index (χ4n) is 1.57. The molecular formula is C13H12ClN3O3. The molecule has 1 aromatic carbocycles. The van der Waals surface area contributed by atoms with E-state index in [2.05, 4.69) is 15.3 Å². The van der Waals surface area contributed by atoms with Crippen molar-refractivity contribution in [3.05, 3.63) is 40.5 Å². The minimum atomic E-state index is -0.532. The summed E-state index contributed by atoms with van der Waals surface area (Å²) in [6.45, 7) is 1.70. The lowest BCUT2D eigenvalue weighted by molar-refractivity contribution is 0.102. The van der Waals surface area contributed by atoms with E-state index >= 15 is 0 Å². The van der Waals surface area contributed by atoms with Gasteiger partial charge in [0.1, 0.15) is 10.9 Å². The molecule has 0 aliphatic carbocycles. The van der Waals surface area contributed by atoms with Gasteiger partial charge in [-0.1, -0.05) is 23.7 Å². The minimum absolute atomic E-state index is 0.000237. The number of ether oxygens (including phenoxy) is 1. The van der Waals surface area contributed by atoms with Crippen molar-refractivity contribution in [2.24, 2.45) is 0 Å². The van der Waals surface area contributed by atoms with Crippen LogP contribution in [0, 0.1) is 6.92 Å². The molecule has 0 saturated heterocycles. The number of phenolic OH excluding ortho intramolecular Hbond substituents is 1. The first-order valence-corrected chi connectivity index (χ1v) is 6.07. The SMILES string of the molecule is COc1cc(Cl)nc(NC(=O)c2cccc(C)c2O)n1. The van der Waals surface area contributed by atoms with Gasteiger partial charge in [0, 0.05) is 6.07 Å². The molecule has 0 radical (unpaired) electrons. The normalized spacial score (nSPS) is 10.2. The number of anilines is 1. The Hall–Kier alpha value is -2.34. The number of hydrogen-bond donors (Lipinski definition) is 2. The van der Waals surface area contributed by atoms with E-state index in [1.54, 1.807) is 19.1 Å². The third kappa shape index (κ3) is 2.97. The van der Waals surface area contributed by atoms with Gasteiger partial charge in [-0.05, 0) is 18.6 Å². The van der Waals surface area contributed by atoms with Crippen molar-refractivity contribution in [2.45, 2.75) is 6.92 Å². The number of phenols is 1. The lowest BCUT2D eigenvalue weighted by Gasteiger charge is -2.08. The van der Waals surface area contributed by atoms with Gasteiger partial charge < -0.3 is 9.84 Å². The second-order valence-corrected chi connectivity index (χ2v) is 4.37. The van der Waals surface area contributed by atoms with Crippen LogP contribution in [0.5, 0.6) is 11.6 Å². The Kier molecular flexibility index (Phi) is 4.05. The number of nitrogens with one attached hydrogen (secondary N) is 1. The molecule has 2 rings (SSSR count). The summed E-state index contributed by atoms with van der Waals surface area (Å²) in [5.41, 5.74) is 0.731. The average molecular weight is 294 g/mol. The summed E-state index contributed by atoms with van der Waals surface area (Å²) in [6, 6.07) is 6.29. The predicted octanol–water partition coefficient (Wildman–Crippen LogP) is 2.40. The summed E-state index contributed by atoms with van der Waals surface area (Å²) in [5.74, 6) is -0.386. The molecule has 7 heteroatoms. The number of aromatic hydroxyl groups is 1. The number of hydrogen-bond acceptors (Lipinski definition) is 5. The number of benzene rings is 1. The zero-order valence-corrected chi connectivity index (χ0v) is 11.6. The van der Waals surface area contributed by atoms with Gasteiger partial charge in [0.2, 0.25) is 11.8 Å². The highest BCUT2D eigenvalue weighted by Crippen LogP contribution is 2.22. The molecule has 0 spiro atoms. The number of amides is 1. The summed E-state index contributed by atoms with van der Waals surface area (Å²) in [4.78, 5) is 19.9. The first-order valence-electron chi connectivity index (χ1n) is 5.69. The number of carbonyl (C=O) groups is 1. The summed E-state index contributed by atoms with van der Waals surface area (Å²) in [5, 5.41) is 12.4. The van der Waals surface area contributed by atoms with Gasteiger partial charge in [0.15, 0.2) is 0 Å². The second-order valence-electron chi connectivity index (χ2n) is 3.98. The van der Waals surface area contributed by atoms with E-state index in [0.717, 1.165) is 0 Å². The highest BCUT2D eigenvalue weighted by molar-refractivity contribution is 6.29. The largest absolute Gasteiger partial charge is 0.507 e. The van der Waals surface area contributed by atoms with Crippen molar-refractivity contribution in [3.63, 3.8) is 0 Å². The van der Waals surface area contributed by atoms with Crippen LogP contribution in [0.2, 0.25) is 5.15 Å². The van der Waals surface area contributed by atoms with Crippen molar-refractivity contribution in [3.8, 4) is 11.6 Å². The van der Waals surface area contributed by atoms with Gasteiger partial charge >= 0.3 is 0 Å². The molecule has 1 heterocycles. The standard InChI is InChI=1S/C13H12ClN3O3/c1-7-4-3-5-8(11(7)18)12(19)17-13-15-9(14)6-10(16-13)20-2/h3-6,18H,1-2H3,(H,15,16,17,19). The minimum Gasteiger partial charge on any atom is -0.507 e. The highest BCUT2D eigenvalue weighted by Gasteiger charge is 2.14. The van der Waals surface area contributed by atoms with E-state index in [1.165, 1.54) is 19.2 Å². The molecule has 0 unspecified atom stereocenters. The second kappa shape index (κ2) is 5.75. The number of methoxy groups -OCH3 is 1. The number of para-hydroxylation sites is 1. The van der Waals surface area contributed by atoms with Crippen LogP contribution >= 0.6 is 11.6 Å². The summed E-state index contributed by atoms with van der Waals surface area (Å²) < 4.78 is 4.93. The lowest BCUT2D eigenvalue weighted by atomic mass is 10.1. The topological polar surface area (TPSA) is 84.3 Å².